The highest BCUT2D eigenvalue weighted by atomic mass is 17.2. The molecule has 92 valence electrons. The van der Waals surface area contributed by atoms with Gasteiger partial charge in [0.15, 0.2) is 6.79 Å². The zero-order chi connectivity index (χ0) is 12.5. The molecule has 0 aromatic heterocycles. The van der Waals surface area contributed by atoms with Crippen molar-refractivity contribution in [3.8, 4) is 0 Å². The van der Waals surface area contributed by atoms with Gasteiger partial charge in [0.25, 0.3) is 0 Å². The Morgan fingerprint density at radius 1 is 1.29 bits per heavy atom. The molecule has 0 amide bonds. The summed E-state index contributed by atoms with van der Waals surface area (Å²) in [6.07, 6.45) is 2.98. The van der Waals surface area contributed by atoms with E-state index in [1.165, 1.54) is 6.08 Å². The van der Waals surface area contributed by atoms with Crippen molar-refractivity contribution < 1.29 is 19.3 Å². The van der Waals surface area contributed by atoms with Gasteiger partial charge in [-0.25, -0.2) is 4.79 Å². The van der Waals surface area contributed by atoms with Gasteiger partial charge < -0.3 is 4.74 Å². The van der Waals surface area contributed by atoms with E-state index in [1.807, 2.05) is 44.2 Å². The van der Waals surface area contributed by atoms with Gasteiger partial charge in [0, 0.05) is 6.08 Å². The van der Waals surface area contributed by atoms with Gasteiger partial charge in [-0.3, -0.25) is 4.89 Å². The van der Waals surface area contributed by atoms with E-state index >= 15 is 0 Å². The smallest absolute Gasteiger partial charge is 0.348 e. The summed E-state index contributed by atoms with van der Waals surface area (Å²) in [5, 5.41) is 0. The lowest BCUT2D eigenvalue weighted by molar-refractivity contribution is -0.311. The summed E-state index contributed by atoms with van der Waals surface area (Å²) in [6, 6.07) is 9.44. The largest absolute Gasteiger partial charge is 0.366 e. The lowest BCUT2D eigenvalue weighted by atomic mass is 10.2. The summed E-state index contributed by atoms with van der Waals surface area (Å²) in [4.78, 5) is 20.2. The number of hydrogen-bond donors (Lipinski definition) is 0. The Bertz CT molecular complexity index is 357. The summed E-state index contributed by atoms with van der Waals surface area (Å²) >= 11 is 0. The highest BCUT2D eigenvalue weighted by Crippen LogP contribution is 2.01. The maximum Gasteiger partial charge on any atom is 0.366 e. The first kappa shape index (κ1) is 13.4. The van der Waals surface area contributed by atoms with Crippen LogP contribution in [-0.2, 0) is 19.3 Å². The Kier molecular flexibility index (Phi) is 5.99. The van der Waals surface area contributed by atoms with Crippen LogP contribution in [0.4, 0.5) is 0 Å². The first-order valence-electron chi connectivity index (χ1n) is 5.36. The van der Waals surface area contributed by atoms with E-state index in [9.17, 15) is 4.79 Å². The number of carbonyl (C=O) groups is 1. The van der Waals surface area contributed by atoms with Gasteiger partial charge in [-0.2, -0.15) is 4.89 Å². The molecule has 0 aliphatic heterocycles. The van der Waals surface area contributed by atoms with Crippen molar-refractivity contribution >= 4 is 12.0 Å². The van der Waals surface area contributed by atoms with E-state index in [-0.39, 0.29) is 12.9 Å². The molecule has 1 aromatic carbocycles. The van der Waals surface area contributed by atoms with Crippen LogP contribution in [0.3, 0.4) is 0 Å². The van der Waals surface area contributed by atoms with Crippen molar-refractivity contribution in [2.24, 2.45) is 0 Å². The molecule has 17 heavy (non-hydrogen) atoms. The van der Waals surface area contributed by atoms with Gasteiger partial charge in [-0.05, 0) is 25.5 Å². The summed E-state index contributed by atoms with van der Waals surface area (Å²) in [7, 11) is 0. The second-order valence-corrected chi connectivity index (χ2v) is 3.60. The molecule has 4 heteroatoms. The average molecular weight is 236 g/mol. The SMILES string of the molecule is CC(C)OCOOC(=O)C=Cc1ccccc1. The standard InChI is InChI=1S/C13H16O4/c1-11(2)15-10-16-17-13(14)9-8-12-6-4-3-5-7-12/h3-9,11H,10H2,1-2H3. The third-order valence-electron chi connectivity index (χ3n) is 1.80. The molecule has 0 spiro atoms. The zero-order valence-electron chi connectivity index (χ0n) is 9.96. The van der Waals surface area contributed by atoms with Crippen LogP contribution in [-0.4, -0.2) is 18.9 Å². The maximum absolute atomic E-state index is 11.2. The molecule has 0 saturated carbocycles. The average Bonchev–Trinajstić information content (AvgIpc) is 2.33. The van der Waals surface area contributed by atoms with Crippen molar-refractivity contribution in [3.05, 3.63) is 42.0 Å². The van der Waals surface area contributed by atoms with Gasteiger partial charge in [0.2, 0.25) is 0 Å². The molecule has 1 aromatic rings. The quantitative estimate of drug-likeness (QED) is 0.250. The van der Waals surface area contributed by atoms with Crippen molar-refractivity contribution in [2.45, 2.75) is 20.0 Å². The monoisotopic (exact) mass is 236 g/mol. The maximum atomic E-state index is 11.2. The molecule has 0 radical (unpaired) electrons. The van der Waals surface area contributed by atoms with Crippen LogP contribution in [0.5, 0.6) is 0 Å². The molecule has 0 fully saturated rings. The van der Waals surface area contributed by atoms with Crippen molar-refractivity contribution in [3.63, 3.8) is 0 Å². The molecule has 0 bridgehead atoms. The van der Waals surface area contributed by atoms with Crippen molar-refractivity contribution in [1.29, 1.82) is 0 Å². The van der Waals surface area contributed by atoms with Crippen LogP contribution in [0.15, 0.2) is 36.4 Å². The lowest BCUT2D eigenvalue weighted by Crippen LogP contribution is -2.09. The van der Waals surface area contributed by atoms with Gasteiger partial charge in [0.05, 0.1) is 6.10 Å². The molecule has 0 atom stereocenters. The Morgan fingerprint density at radius 2 is 2.00 bits per heavy atom. The van der Waals surface area contributed by atoms with Gasteiger partial charge in [-0.15, -0.1) is 0 Å². The first-order chi connectivity index (χ1) is 8.18. The number of benzene rings is 1. The van der Waals surface area contributed by atoms with Crippen molar-refractivity contribution in [1.82, 2.24) is 0 Å². The van der Waals surface area contributed by atoms with E-state index in [4.69, 9.17) is 4.74 Å². The Labute approximate surface area is 101 Å². The minimum absolute atomic E-state index is 0.0357. The lowest BCUT2D eigenvalue weighted by Gasteiger charge is -2.05. The summed E-state index contributed by atoms with van der Waals surface area (Å²) in [5.41, 5.74) is 0.919. The molecule has 0 unspecified atom stereocenters. The van der Waals surface area contributed by atoms with Crippen LogP contribution < -0.4 is 0 Å². The number of ether oxygens (including phenoxy) is 1. The highest BCUT2D eigenvalue weighted by molar-refractivity contribution is 5.86. The number of hydrogen-bond acceptors (Lipinski definition) is 4. The predicted molar refractivity (Wildman–Crippen MR) is 63.7 cm³/mol. The molecular formula is C13H16O4. The van der Waals surface area contributed by atoms with E-state index in [0.717, 1.165) is 5.56 Å². The molecule has 0 aliphatic carbocycles. The fourth-order valence-electron chi connectivity index (χ4n) is 1.00. The molecule has 0 heterocycles. The second kappa shape index (κ2) is 7.60. The van der Waals surface area contributed by atoms with E-state index in [2.05, 4.69) is 9.78 Å². The van der Waals surface area contributed by atoms with Crippen LogP contribution in [0.2, 0.25) is 0 Å². The second-order valence-electron chi connectivity index (χ2n) is 3.60. The third-order valence-corrected chi connectivity index (χ3v) is 1.80. The number of carbonyl (C=O) groups excluding carboxylic acids is 1. The van der Waals surface area contributed by atoms with Gasteiger partial charge >= 0.3 is 5.97 Å². The Hall–Kier alpha value is -1.65. The van der Waals surface area contributed by atoms with E-state index in [0.29, 0.717) is 0 Å². The predicted octanol–water partition coefficient (Wildman–Crippen LogP) is 2.56. The van der Waals surface area contributed by atoms with Crippen LogP contribution in [0.25, 0.3) is 6.08 Å². The highest BCUT2D eigenvalue weighted by Gasteiger charge is 1.99. The molecule has 4 nitrogen and oxygen atoms in total. The van der Waals surface area contributed by atoms with Gasteiger partial charge in [0.1, 0.15) is 0 Å². The molecule has 0 aliphatic rings. The number of rotatable bonds is 6. The van der Waals surface area contributed by atoms with Crippen molar-refractivity contribution in [2.75, 3.05) is 6.79 Å². The third kappa shape index (κ3) is 6.50. The van der Waals surface area contributed by atoms with E-state index < -0.39 is 5.97 Å². The molecular weight excluding hydrogens is 220 g/mol. The van der Waals surface area contributed by atoms with E-state index in [1.54, 1.807) is 6.08 Å². The normalized spacial score (nSPS) is 11.0. The molecule has 0 saturated heterocycles. The molecule has 0 N–H and O–H groups in total. The minimum Gasteiger partial charge on any atom is -0.348 e. The van der Waals surface area contributed by atoms with Gasteiger partial charge in [-0.1, -0.05) is 30.3 Å². The summed E-state index contributed by atoms with van der Waals surface area (Å²) in [6.45, 7) is 3.66. The topological polar surface area (TPSA) is 44.8 Å². The first-order valence-corrected chi connectivity index (χ1v) is 5.36. The minimum atomic E-state index is -0.568. The van der Waals surface area contributed by atoms with Crippen LogP contribution in [0, 0.1) is 0 Å². The van der Waals surface area contributed by atoms with Crippen LogP contribution in [0.1, 0.15) is 19.4 Å². The summed E-state index contributed by atoms with van der Waals surface area (Å²) in [5.74, 6) is -0.568. The Balaban J connectivity index is 2.23. The fourth-order valence-corrected chi connectivity index (χ4v) is 1.00. The zero-order valence-corrected chi connectivity index (χ0v) is 9.96. The van der Waals surface area contributed by atoms with Crippen LogP contribution >= 0.6 is 0 Å². The fraction of sp³-hybridized carbons (Fsp3) is 0.308. The molecule has 1 rings (SSSR count). The summed E-state index contributed by atoms with van der Waals surface area (Å²) < 4.78 is 5.03. The Morgan fingerprint density at radius 3 is 2.65 bits per heavy atom.